The fourth-order valence-electron chi connectivity index (χ4n) is 3.06. The smallest absolute Gasteiger partial charge is 0.123 e. The lowest BCUT2D eigenvalue weighted by Crippen LogP contribution is -2.33. The second kappa shape index (κ2) is 5.63. The molecule has 1 nitrogen and oxygen atoms in total. The largest absolute Gasteiger partial charge is 0.314 e. The molecule has 0 fully saturated rings. The van der Waals surface area contributed by atoms with Crippen molar-refractivity contribution >= 4 is 0 Å². The normalized spacial score (nSPS) is 20.3. The predicted octanol–water partition coefficient (Wildman–Crippen LogP) is 3.63. The van der Waals surface area contributed by atoms with Crippen molar-refractivity contribution in [3.05, 3.63) is 35.1 Å². The first-order valence-electron chi connectivity index (χ1n) is 6.78. The highest BCUT2D eigenvalue weighted by atomic mass is 19.1. The van der Waals surface area contributed by atoms with Crippen molar-refractivity contribution in [2.24, 2.45) is 0 Å². The summed E-state index contributed by atoms with van der Waals surface area (Å²) in [5, 5.41) is 3.59. The number of nitrogens with one attached hydrogen (secondary N) is 1. The van der Waals surface area contributed by atoms with Gasteiger partial charge in [-0.1, -0.05) is 26.3 Å². The highest BCUT2D eigenvalue weighted by Gasteiger charge is 2.28. The molecule has 94 valence electrons. The SMILES string of the molecule is CCCC(NCC)C1CCc2cc(F)ccc21. The minimum atomic E-state index is -0.0973. The molecule has 2 unspecified atom stereocenters. The molecule has 0 aliphatic heterocycles. The molecule has 0 spiro atoms. The van der Waals surface area contributed by atoms with Gasteiger partial charge in [0.1, 0.15) is 5.82 Å². The fraction of sp³-hybridized carbons (Fsp3) is 0.600. The molecule has 17 heavy (non-hydrogen) atoms. The molecule has 1 aromatic carbocycles. The van der Waals surface area contributed by atoms with Gasteiger partial charge in [0.15, 0.2) is 0 Å². The topological polar surface area (TPSA) is 12.0 Å². The van der Waals surface area contributed by atoms with Crippen LogP contribution in [0.25, 0.3) is 0 Å². The van der Waals surface area contributed by atoms with E-state index in [0.717, 1.165) is 19.4 Å². The van der Waals surface area contributed by atoms with E-state index in [9.17, 15) is 4.39 Å². The van der Waals surface area contributed by atoms with E-state index in [2.05, 4.69) is 19.2 Å². The molecule has 0 saturated carbocycles. The molecule has 0 aromatic heterocycles. The monoisotopic (exact) mass is 235 g/mol. The van der Waals surface area contributed by atoms with Gasteiger partial charge >= 0.3 is 0 Å². The zero-order valence-electron chi connectivity index (χ0n) is 10.8. The van der Waals surface area contributed by atoms with Crippen LogP contribution >= 0.6 is 0 Å². The maximum atomic E-state index is 13.2. The first-order valence-corrected chi connectivity index (χ1v) is 6.78. The van der Waals surface area contributed by atoms with E-state index < -0.39 is 0 Å². The van der Waals surface area contributed by atoms with Gasteiger partial charge in [0.05, 0.1) is 0 Å². The highest BCUT2D eigenvalue weighted by Crippen LogP contribution is 2.37. The fourth-order valence-corrected chi connectivity index (χ4v) is 3.06. The first-order chi connectivity index (χ1) is 8.26. The van der Waals surface area contributed by atoms with Crippen molar-refractivity contribution in [1.29, 1.82) is 0 Å². The van der Waals surface area contributed by atoms with Crippen LogP contribution in [0.15, 0.2) is 18.2 Å². The third-order valence-electron chi connectivity index (χ3n) is 3.78. The number of likely N-dealkylation sites (N-methyl/N-ethyl adjacent to an activating group) is 1. The van der Waals surface area contributed by atoms with Crippen molar-refractivity contribution in [2.75, 3.05) is 6.54 Å². The number of halogens is 1. The van der Waals surface area contributed by atoms with Crippen LogP contribution in [-0.2, 0) is 6.42 Å². The summed E-state index contributed by atoms with van der Waals surface area (Å²) in [5.74, 6) is 0.477. The Hall–Kier alpha value is -0.890. The second-order valence-corrected chi connectivity index (χ2v) is 4.94. The quantitative estimate of drug-likeness (QED) is 0.821. The van der Waals surface area contributed by atoms with Crippen LogP contribution in [0.1, 0.15) is 50.2 Å². The number of benzene rings is 1. The Morgan fingerprint density at radius 2 is 2.24 bits per heavy atom. The van der Waals surface area contributed by atoms with Crippen LogP contribution in [0.3, 0.4) is 0 Å². The van der Waals surface area contributed by atoms with Crippen molar-refractivity contribution in [1.82, 2.24) is 5.32 Å². The Balaban J connectivity index is 2.19. The molecule has 0 amide bonds. The summed E-state index contributed by atoms with van der Waals surface area (Å²) >= 11 is 0. The number of hydrogen-bond donors (Lipinski definition) is 1. The highest BCUT2D eigenvalue weighted by molar-refractivity contribution is 5.36. The van der Waals surface area contributed by atoms with Crippen LogP contribution < -0.4 is 5.32 Å². The molecule has 0 saturated heterocycles. The number of hydrogen-bond acceptors (Lipinski definition) is 1. The first kappa shape index (κ1) is 12.6. The Morgan fingerprint density at radius 1 is 1.41 bits per heavy atom. The maximum Gasteiger partial charge on any atom is 0.123 e. The van der Waals surface area contributed by atoms with Crippen LogP contribution in [0.5, 0.6) is 0 Å². The van der Waals surface area contributed by atoms with E-state index in [4.69, 9.17) is 0 Å². The molecular weight excluding hydrogens is 213 g/mol. The average Bonchev–Trinajstić information content (AvgIpc) is 2.71. The van der Waals surface area contributed by atoms with E-state index in [0.29, 0.717) is 12.0 Å². The van der Waals surface area contributed by atoms with Crippen LogP contribution in [0.2, 0.25) is 0 Å². The van der Waals surface area contributed by atoms with E-state index in [1.54, 1.807) is 12.1 Å². The van der Waals surface area contributed by atoms with E-state index in [1.165, 1.54) is 24.0 Å². The molecule has 2 atom stereocenters. The molecule has 0 radical (unpaired) electrons. The molecule has 1 aliphatic rings. The zero-order chi connectivity index (χ0) is 12.3. The lowest BCUT2D eigenvalue weighted by Gasteiger charge is -2.25. The van der Waals surface area contributed by atoms with Gasteiger partial charge < -0.3 is 5.32 Å². The summed E-state index contributed by atoms with van der Waals surface area (Å²) in [6.07, 6.45) is 4.60. The van der Waals surface area contributed by atoms with Crippen molar-refractivity contribution in [3.8, 4) is 0 Å². The van der Waals surface area contributed by atoms with Crippen LogP contribution in [-0.4, -0.2) is 12.6 Å². The number of aryl methyl sites for hydroxylation is 1. The van der Waals surface area contributed by atoms with Crippen molar-refractivity contribution in [3.63, 3.8) is 0 Å². The van der Waals surface area contributed by atoms with E-state index in [-0.39, 0.29) is 5.82 Å². The number of fused-ring (bicyclic) bond motifs is 1. The van der Waals surface area contributed by atoms with Crippen molar-refractivity contribution in [2.45, 2.75) is 51.5 Å². The molecule has 1 N–H and O–H groups in total. The Labute approximate surface area is 103 Å². The van der Waals surface area contributed by atoms with Gasteiger partial charge in [-0.2, -0.15) is 0 Å². The van der Waals surface area contributed by atoms with Gasteiger partial charge in [0.2, 0.25) is 0 Å². The molecular formula is C15H22FN. The second-order valence-electron chi connectivity index (χ2n) is 4.94. The Morgan fingerprint density at radius 3 is 2.94 bits per heavy atom. The van der Waals surface area contributed by atoms with Gasteiger partial charge in [-0.25, -0.2) is 4.39 Å². The summed E-state index contributed by atoms with van der Waals surface area (Å²) in [7, 11) is 0. The minimum Gasteiger partial charge on any atom is -0.314 e. The Kier molecular flexibility index (Phi) is 4.16. The van der Waals surface area contributed by atoms with Crippen LogP contribution in [0, 0.1) is 5.82 Å². The molecule has 1 aliphatic carbocycles. The van der Waals surface area contributed by atoms with Gasteiger partial charge in [-0.05, 0) is 55.0 Å². The van der Waals surface area contributed by atoms with E-state index in [1.807, 2.05) is 6.07 Å². The predicted molar refractivity (Wildman–Crippen MR) is 69.8 cm³/mol. The van der Waals surface area contributed by atoms with Gasteiger partial charge in [0.25, 0.3) is 0 Å². The van der Waals surface area contributed by atoms with Gasteiger partial charge in [0, 0.05) is 6.04 Å². The summed E-state index contributed by atoms with van der Waals surface area (Å²) in [4.78, 5) is 0. The molecule has 2 heteroatoms. The number of rotatable bonds is 5. The molecule has 1 aromatic rings. The summed E-state index contributed by atoms with van der Waals surface area (Å²) in [5.41, 5.74) is 2.58. The standard InChI is InChI=1S/C15H22FN/c1-3-5-15(17-4-2)14-8-6-11-10-12(16)7-9-13(11)14/h7,9-10,14-15,17H,3-6,8H2,1-2H3. The lowest BCUT2D eigenvalue weighted by atomic mass is 9.90. The summed E-state index contributed by atoms with van der Waals surface area (Å²) < 4.78 is 13.2. The minimum absolute atomic E-state index is 0.0973. The lowest BCUT2D eigenvalue weighted by molar-refractivity contribution is 0.410. The summed E-state index contributed by atoms with van der Waals surface area (Å²) in [6, 6.07) is 5.86. The third-order valence-corrected chi connectivity index (χ3v) is 3.78. The Bertz CT molecular complexity index is 369. The molecule has 0 heterocycles. The van der Waals surface area contributed by atoms with Crippen molar-refractivity contribution < 1.29 is 4.39 Å². The molecule has 2 rings (SSSR count). The van der Waals surface area contributed by atoms with Gasteiger partial charge in [-0.3, -0.25) is 0 Å². The summed E-state index contributed by atoms with van der Waals surface area (Å²) in [6.45, 7) is 5.39. The van der Waals surface area contributed by atoms with E-state index >= 15 is 0 Å². The maximum absolute atomic E-state index is 13.2. The average molecular weight is 235 g/mol. The van der Waals surface area contributed by atoms with Gasteiger partial charge in [-0.15, -0.1) is 0 Å². The third kappa shape index (κ3) is 2.68. The molecule has 0 bridgehead atoms. The van der Waals surface area contributed by atoms with Crippen LogP contribution in [0.4, 0.5) is 4.39 Å². The zero-order valence-corrected chi connectivity index (χ0v) is 10.8.